The smallest absolute Gasteiger partial charge is 0.323 e. The summed E-state index contributed by atoms with van der Waals surface area (Å²) < 4.78 is 5.18. The van der Waals surface area contributed by atoms with E-state index in [1.54, 1.807) is 0 Å². The molecule has 0 bridgehead atoms. The molecule has 0 aliphatic rings. The highest BCUT2D eigenvalue weighted by molar-refractivity contribution is 5.76. The molecule has 0 fully saturated rings. The molecule has 0 saturated heterocycles. The molecule has 1 rings (SSSR count). The molecule has 0 amide bonds. The third kappa shape index (κ3) is 4.15. The quantitative estimate of drug-likeness (QED) is 0.695. The Hall–Kier alpha value is -1.35. The van der Waals surface area contributed by atoms with Crippen molar-refractivity contribution in [3.8, 4) is 0 Å². The Balaban J connectivity index is 2.80. The molecule has 0 heterocycles. The predicted molar refractivity (Wildman–Crippen MR) is 73.5 cm³/mol. The van der Waals surface area contributed by atoms with Gasteiger partial charge in [-0.25, -0.2) is 0 Å². The molecular weight excluding hydrogens is 226 g/mol. The predicted octanol–water partition coefficient (Wildman–Crippen LogP) is 2.50. The van der Waals surface area contributed by atoms with Crippen molar-refractivity contribution < 1.29 is 9.53 Å². The summed E-state index contributed by atoms with van der Waals surface area (Å²) in [5.74, 6) is -0.120. The zero-order valence-corrected chi connectivity index (χ0v) is 11.6. The highest BCUT2D eigenvalue weighted by atomic mass is 16.5. The number of esters is 1. The van der Waals surface area contributed by atoms with Crippen LogP contribution in [0.2, 0.25) is 0 Å². The summed E-state index contributed by atoms with van der Waals surface area (Å²) in [7, 11) is 0. The van der Waals surface area contributed by atoms with Gasteiger partial charge >= 0.3 is 5.97 Å². The second-order valence-electron chi connectivity index (χ2n) is 4.18. The van der Waals surface area contributed by atoms with Crippen molar-refractivity contribution in [2.45, 2.75) is 33.2 Å². The monoisotopic (exact) mass is 249 g/mol. The van der Waals surface area contributed by atoms with Gasteiger partial charge in [0.2, 0.25) is 0 Å². The maximum Gasteiger partial charge on any atom is 0.323 e. The first kappa shape index (κ1) is 14.7. The Morgan fingerprint density at radius 1 is 1.17 bits per heavy atom. The summed E-state index contributed by atoms with van der Waals surface area (Å²) in [5.41, 5.74) is 1.17. The van der Waals surface area contributed by atoms with Gasteiger partial charge < -0.3 is 4.74 Å². The maximum absolute atomic E-state index is 12.0. The van der Waals surface area contributed by atoms with Crippen LogP contribution >= 0.6 is 0 Å². The topological polar surface area (TPSA) is 29.5 Å². The van der Waals surface area contributed by atoms with Gasteiger partial charge in [-0.05, 0) is 32.0 Å². The molecule has 3 heteroatoms. The van der Waals surface area contributed by atoms with Crippen molar-refractivity contribution in [3.63, 3.8) is 0 Å². The third-order valence-corrected chi connectivity index (χ3v) is 3.08. The first-order valence-electron chi connectivity index (χ1n) is 6.67. The molecule has 1 atom stereocenters. The summed E-state index contributed by atoms with van der Waals surface area (Å²) >= 11 is 0. The van der Waals surface area contributed by atoms with Crippen molar-refractivity contribution in [1.29, 1.82) is 0 Å². The van der Waals surface area contributed by atoms with Gasteiger partial charge in [0, 0.05) is 0 Å². The van der Waals surface area contributed by atoms with Gasteiger partial charge in [0.25, 0.3) is 0 Å². The van der Waals surface area contributed by atoms with Crippen LogP contribution in [0.25, 0.3) is 0 Å². The van der Waals surface area contributed by atoms with Crippen LogP contribution < -0.4 is 0 Å². The molecule has 0 saturated carbocycles. The van der Waals surface area contributed by atoms with Crippen LogP contribution in [0.4, 0.5) is 0 Å². The van der Waals surface area contributed by atoms with E-state index < -0.39 is 0 Å². The minimum absolute atomic E-state index is 0.120. The number of rotatable bonds is 7. The standard InChI is InChI=1S/C15H23NO2/c1-4-16(5-2)14(15(17)18-6-3)12-13-10-8-7-9-11-13/h7-11,14H,4-6,12H2,1-3H3. The second kappa shape index (κ2) is 7.88. The van der Waals surface area contributed by atoms with E-state index in [1.165, 1.54) is 5.56 Å². The summed E-state index contributed by atoms with van der Waals surface area (Å²) in [6, 6.07) is 9.91. The Kier molecular flexibility index (Phi) is 6.44. The molecule has 1 aromatic carbocycles. The molecule has 0 aliphatic heterocycles. The van der Waals surface area contributed by atoms with Gasteiger partial charge in [0.15, 0.2) is 0 Å². The van der Waals surface area contributed by atoms with Gasteiger partial charge in [-0.2, -0.15) is 0 Å². The molecule has 1 aromatic rings. The fourth-order valence-electron chi connectivity index (χ4n) is 2.10. The number of carbonyl (C=O) groups is 1. The average Bonchev–Trinajstić information content (AvgIpc) is 2.40. The molecule has 0 spiro atoms. The minimum Gasteiger partial charge on any atom is -0.465 e. The number of benzene rings is 1. The van der Waals surface area contributed by atoms with Crippen molar-refractivity contribution in [2.75, 3.05) is 19.7 Å². The first-order chi connectivity index (χ1) is 8.72. The first-order valence-corrected chi connectivity index (χ1v) is 6.67. The molecule has 100 valence electrons. The normalized spacial score (nSPS) is 12.4. The lowest BCUT2D eigenvalue weighted by molar-refractivity contribution is -0.149. The van der Waals surface area contributed by atoms with Gasteiger partial charge in [0.05, 0.1) is 6.61 Å². The average molecular weight is 249 g/mol. The molecular formula is C15H23NO2. The highest BCUT2D eigenvalue weighted by Gasteiger charge is 2.25. The number of hydrogen-bond acceptors (Lipinski definition) is 3. The Labute approximate surface area is 110 Å². The Morgan fingerprint density at radius 3 is 2.28 bits per heavy atom. The maximum atomic E-state index is 12.0. The molecule has 0 N–H and O–H groups in total. The van der Waals surface area contributed by atoms with Crippen molar-refractivity contribution >= 4 is 5.97 Å². The van der Waals surface area contributed by atoms with Crippen LogP contribution in [-0.4, -0.2) is 36.6 Å². The van der Waals surface area contributed by atoms with Crippen LogP contribution in [0.1, 0.15) is 26.3 Å². The number of ether oxygens (including phenoxy) is 1. The largest absolute Gasteiger partial charge is 0.465 e. The number of hydrogen-bond donors (Lipinski definition) is 0. The van der Waals surface area contributed by atoms with Gasteiger partial charge in [-0.3, -0.25) is 9.69 Å². The highest BCUT2D eigenvalue weighted by Crippen LogP contribution is 2.10. The second-order valence-corrected chi connectivity index (χ2v) is 4.18. The molecule has 0 aromatic heterocycles. The summed E-state index contributed by atoms with van der Waals surface area (Å²) in [6.07, 6.45) is 0.710. The molecule has 18 heavy (non-hydrogen) atoms. The van der Waals surface area contributed by atoms with Gasteiger partial charge in [-0.1, -0.05) is 44.2 Å². The SMILES string of the molecule is CCOC(=O)C(Cc1ccccc1)N(CC)CC. The lowest BCUT2D eigenvalue weighted by Gasteiger charge is -2.27. The van der Waals surface area contributed by atoms with Gasteiger partial charge in [0.1, 0.15) is 6.04 Å². The van der Waals surface area contributed by atoms with Crippen LogP contribution in [-0.2, 0) is 16.0 Å². The van der Waals surface area contributed by atoms with Crippen molar-refractivity contribution in [2.24, 2.45) is 0 Å². The van der Waals surface area contributed by atoms with Gasteiger partial charge in [-0.15, -0.1) is 0 Å². The lowest BCUT2D eigenvalue weighted by atomic mass is 10.0. The molecule has 1 unspecified atom stereocenters. The van der Waals surface area contributed by atoms with E-state index in [9.17, 15) is 4.79 Å². The summed E-state index contributed by atoms with van der Waals surface area (Å²) in [4.78, 5) is 14.2. The molecule has 0 aliphatic carbocycles. The van der Waals surface area contributed by atoms with Crippen LogP contribution in [0.15, 0.2) is 30.3 Å². The zero-order valence-electron chi connectivity index (χ0n) is 11.6. The fourth-order valence-corrected chi connectivity index (χ4v) is 2.10. The Bertz CT molecular complexity index is 347. The molecule has 0 radical (unpaired) electrons. The summed E-state index contributed by atoms with van der Waals surface area (Å²) in [5, 5.41) is 0. The number of likely N-dealkylation sites (N-methyl/N-ethyl adjacent to an activating group) is 1. The Morgan fingerprint density at radius 2 is 1.78 bits per heavy atom. The molecule has 3 nitrogen and oxygen atoms in total. The van der Waals surface area contributed by atoms with E-state index in [0.29, 0.717) is 13.0 Å². The fraction of sp³-hybridized carbons (Fsp3) is 0.533. The van der Waals surface area contributed by atoms with E-state index in [1.807, 2.05) is 25.1 Å². The summed E-state index contributed by atoms with van der Waals surface area (Å²) in [6.45, 7) is 8.13. The van der Waals surface area contributed by atoms with Crippen LogP contribution in [0.3, 0.4) is 0 Å². The minimum atomic E-state index is -0.178. The van der Waals surface area contributed by atoms with E-state index in [4.69, 9.17) is 4.74 Å². The zero-order chi connectivity index (χ0) is 13.4. The van der Waals surface area contributed by atoms with Crippen molar-refractivity contribution in [3.05, 3.63) is 35.9 Å². The number of carbonyl (C=O) groups excluding carboxylic acids is 1. The number of nitrogens with zero attached hydrogens (tertiary/aromatic N) is 1. The van der Waals surface area contributed by atoms with E-state index in [-0.39, 0.29) is 12.0 Å². The van der Waals surface area contributed by atoms with E-state index >= 15 is 0 Å². The third-order valence-electron chi connectivity index (χ3n) is 3.08. The van der Waals surface area contributed by atoms with Crippen molar-refractivity contribution in [1.82, 2.24) is 4.90 Å². The van der Waals surface area contributed by atoms with Crippen LogP contribution in [0.5, 0.6) is 0 Å². The van der Waals surface area contributed by atoms with E-state index in [0.717, 1.165) is 13.1 Å². The van der Waals surface area contributed by atoms with E-state index in [2.05, 4.69) is 30.9 Å². The lowest BCUT2D eigenvalue weighted by Crippen LogP contribution is -2.43. The van der Waals surface area contributed by atoms with Crippen LogP contribution in [0, 0.1) is 0 Å².